The molecule has 3 rings (SSSR count). The minimum Gasteiger partial charge on any atom is -0.405 e. The van der Waals surface area contributed by atoms with Gasteiger partial charge in [0.25, 0.3) is 0 Å². The molecule has 0 unspecified atom stereocenters. The predicted molar refractivity (Wildman–Crippen MR) is 106 cm³/mol. The molecule has 1 saturated carbocycles. The Balaban J connectivity index is 1.72. The molecule has 0 spiro atoms. The number of alkyl halides is 6. The molecule has 1 aliphatic rings. The van der Waals surface area contributed by atoms with E-state index in [0.29, 0.717) is 12.7 Å². The lowest BCUT2D eigenvalue weighted by Gasteiger charge is -2.26. The maximum atomic E-state index is 13.4. The number of ether oxygens (including phenoxy) is 1. The van der Waals surface area contributed by atoms with Crippen LogP contribution in [-0.4, -0.2) is 28.9 Å². The first kappa shape index (κ1) is 23.9. The van der Waals surface area contributed by atoms with Gasteiger partial charge in [0.05, 0.1) is 0 Å². The summed E-state index contributed by atoms with van der Waals surface area (Å²) in [6, 6.07) is 5.54. The molecular formula is C20H23F6N5O. The van der Waals surface area contributed by atoms with Crippen molar-refractivity contribution in [1.29, 1.82) is 0 Å². The van der Waals surface area contributed by atoms with Gasteiger partial charge in [-0.05, 0) is 37.7 Å². The second kappa shape index (κ2) is 9.80. The average molecular weight is 463 g/mol. The number of hydrogen-bond donors (Lipinski definition) is 3. The van der Waals surface area contributed by atoms with Gasteiger partial charge >= 0.3 is 12.5 Å². The molecule has 1 fully saturated rings. The van der Waals surface area contributed by atoms with Crippen molar-refractivity contribution in [1.82, 2.24) is 9.97 Å². The first-order chi connectivity index (χ1) is 15.0. The highest BCUT2D eigenvalue weighted by atomic mass is 19.4. The Morgan fingerprint density at radius 3 is 2.34 bits per heavy atom. The van der Waals surface area contributed by atoms with Gasteiger partial charge in [-0.25, -0.2) is 4.98 Å². The van der Waals surface area contributed by atoms with E-state index < -0.39 is 23.9 Å². The molecular weight excluding hydrogens is 440 g/mol. The third-order valence-corrected chi connectivity index (χ3v) is 5.18. The van der Waals surface area contributed by atoms with Gasteiger partial charge in [-0.1, -0.05) is 18.2 Å². The zero-order valence-electron chi connectivity index (χ0n) is 16.9. The molecule has 2 aromatic rings. The highest BCUT2D eigenvalue weighted by molar-refractivity contribution is 5.49. The molecule has 32 heavy (non-hydrogen) atoms. The zero-order valence-corrected chi connectivity index (χ0v) is 16.9. The van der Waals surface area contributed by atoms with Gasteiger partial charge in [0.1, 0.15) is 17.1 Å². The van der Waals surface area contributed by atoms with Crippen LogP contribution in [0.5, 0.6) is 5.75 Å². The largest absolute Gasteiger partial charge is 0.573 e. The second-order valence-electron chi connectivity index (χ2n) is 7.62. The van der Waals surface area contributed by atoms with E-state index in [1.807, 2.05) is 0 Å². The van der Waals surface area contributed by atoms with E-state index >= 15 is 0 Å². The normalized spacial score (nSPS) is 19.5. The number of aromatic nitrogens is 2. The van der Waals surface area contributed by atoms with Gasteiger partial charge < -0.3 is 21.1 Å². The Kier molecular flexibility index (Phi) is 7.32. The van der Waals surface area contributed by atoms with Crippen molar-refractivity contribution in [3.05, 3.63) is 41.6 Å². The number of nitrogens with two attached hydrogens (primary N) is 1. The number of para-hydroxylation sites is 1. The molecule has 4 N–H and O–H groups in total. The van der Waals surface area contributed by atoms with E-state index in [1.54, 1.807) is 0 Å². The van der Waals surface area contributed by atoms with Crippen LogP contribution >= 0.6 is 0 Å². The van der Waals surface area contributed by atoms with Crippen molar-refractivity contribution in [2.24, 2.45) is 11.7 Å². The van der Waals surface area contributed by atoms with Gasteiger partial charge in [0.2, 0.25) is 5.95 Å². The van der Waals surface area contributed by atoms with E-state index in [1.165, 1.54) is 18.2 Å². The molecule has 1 aliphatic carbocycles. The third-order valence-electron chi connectivity index (χ3n) is 5.18. The molecule has 0 aliphatic heterocycles. The average Bonchev–Trinajstić information content (AvgIpc) is 2.71. The van der Waals surface area contributed by atoms with Crippen molar-refractivity contribution in [3.63, 3.8) is 0 Å². The van der Waals surface area contributed by atoms with Crippen LogP contribution in [0, 0.1) is 5.92 Å². The summed E-state index contributed by atoms with van der Waals surface area (Å²) in [7, 11) is 0. The van der Waals surface area contributed by atoms with Gasteiger partial charge in [0.15, 0.2) is 0 Å². The second-order valence-corrected chi connectivity index (χ2v) is 7.62. The van der Waals surface area contributed by atoms with Crippen LogP contribution in [0.25, 0.3) is 0 Å². The summed E-state index contributed by atoms with van der Waals surface area (Å²) in [5, 5.41) is 5.42. The van der Waals surface area contributed by atoms with Crippen LogP contribution in [0.15, 0.2) is 30.5 Å². The zero-order chi connectivity index (χ0) is 23.4. The van der Waals surface area contributed by atoms with Gasteiger partial charge in [0, 0.05) is 30.9 Å². The highest BCUT2D eigenvalue weighted by Crippen LogP contribution is 2.34. The molecule has 0 atom stereocenters. The Morgan fingerprint density at radius 2 is 1.69 bits per heavy atom. The summed E-state index contributed by atoms with van der Waals surface area (Å²) in [5.41, 5.74) is 4.98. The molecule has 1 heterocycles. The van der Waals surface area contributed by atoms with Crippen LogP contribution < -0.4 is 21.1 Å². The lowest BCUT2D eigenvalue weighted by molar-refractivity contribution is -0.274. The van der Waals surface area contributed by atoms with E-state index in [0.717, 1.165) is 31.7 Å². The Hall–Kier alpha value is -2.76. The van der Waals surface area contributed by atoms with Crippen LogP contribution in [0.1, 0.15) is 36.8 Å². The molecule has 0 radical (unpaired) electrons. The smallest absolute Gasteiger partial charge is 0.405 e. The van der Waals surface area contributed by atoms with Crippen molar-refractivity contribution in [2.75, 3.05) is 17.2 Å². The number of nitrogens with one attached hydrogen (secondary N) is 2. The maximum absolute atomic E-state index is 13.4. The number of nitrogens with zero attached hydrogens (tertiary/aromatic N) is 2. The summed E-state index contributed by atoms with van der Waals surface area (Å²) in [5.74, 6) is -0.792. The monoisotopic (exact) mass is 463 g/mol. The van der Waals surface area contributed by atoms with Crippen LogP contribution in [0.4, 0.5) is 38.1 Å². The minimum absolute atomic E-state index is 0.121. The Bertz CT molecular complexity index is 897. The maximum Gasteiger partial charge on any atom is 0.573 e. The number of hydrogen-bond acceptors (Lipinski definition) is 6. The number of rotatable bonds is 7. The Labute approximate surface area is 180 Å². The number of anilines is 2. The SMILES string of the molecule is N[C@H]1CC[C@H](CNc2nc(NCc3ccccc3OC(F)(F)F)ncc2C(F)(F)F)CC1. The summed E-state index contributed by atoms with van der Waals surface area (Å²) >= 11 is 0. The van der Waals surface area contributed by atoms with Crippen molar-refractivity contribution in [2.45, 2.75) is 50.8 Å². The third kappa shape index (κ3) is 6.87. The van der Waals surface area contributed by atoms with Crippen LogP contribution in [0.3, 0.4) is 0 Å². The standard InChI is InChI=1S/C20H23F6N5O/c21-19(22,23)15-11-30-18(31-17(15)28-9-12-5-7-14(27)8-6-12)29-10-13-3-1-2-4-16(13)32-20(24,25)26/h1-4,11-12,14H,5-10,27H2,(H2,28,29,30,31)/t12-,14-. The van der Waals surface area contributed by atoms with Gasteiger partial charge in [-0.2, -0.15) is 18.2 Å². The van der Waals surface area contributed by atoms with Gasteiger partial charge in [-0.3, -0.25) is 0 Å². The summed E-state index contributed by atoms with van der Waals surface area (Å²) in [6.45, 7) is 0.117. The minimum atomic E-state index is -4.87. The van der Waals surface area contributed by atoms with E-state index in [2.05, 4.69) is 25.3 Å². The molecule has 0 amide bonds. The first-order valence-corrected chi connectivity index (χ1v) is 10.0. The fourth-order valence-electron chi connectivity index (χ4n) is 3.49. The quantitative estimate of drug-likeness (QED) is 0.505. The molecule has 1 aromatic heterocycles. The molecule has 12 heteroatoms. The van der Waals surface area contributed by atoms with E-state index in [-0.39, 0.29) is 35.8 Å². The number of benzene rings is 1. The molecule has 176 valence electrons. The number of halogens is 6. The van der Waals surface area contributed by atoms with Crippen molar-refractivity contribution < 1.29 is 31.1 Å². The van der Waals surface area contributed by atoms with E-state index in [9.17, 15) is 26.3 Å². The van der Waals surface area contributed by atoms with Crippen molar-refractivity contribution >= 4 is 11.8 Å². The Morgan fingerprint density at radius 1 is 1.00 bits per heavy atom. The lowest BCUT2D eigenvalue weighted by Crippen LogP contribution is -2.29. The fraction of sp³-hybridized carbons (Fsp3) is 0.500. The summed E-state index contributed by atoms with van der Waals surface area (Å²) in [6.07, 6.45) is -5.65. The van der Waals surface area contributed by atoms with E-state index in [4.69, 9.17) is 5.73 Å². The topological polar surface area (TPSA) is 85.1 Å². The van der Waals surface area contributed by atoms with Crippen LogP contribution in [-0.2, 0) is 12.7 Å². The first-order valence-electron chi connectivity index (χ1n) is 10.0. The van der Waals surface area contributed by atoms with Crippen LogP contribution in [0.2, 0.25) is 0 Å². The summed E-state index contributed by atoms with van der Waals surface area (Å²) < 4.78 is 81.8. The summed E-state index contributed by atoms with van der Waals surface area (Å²) in [4.78, 5) is 7.58. The lowest BCUT2D eigenvalue weighted by atomic mass is 9.86. The highest BCUT2D eigenvalue weighted by Gasteiger charge is 2.36. The van der Waals surface area contributed by atoms with Crippen molar-refractivity contribution in [3.8, 4) is 5.75 Å². The fourth-order valence-corrected chi connectivity index (χ4v) is 3.49. The molecule has 0 bridgehead atoms. The molecule has 6 nitrogen and oxygen atoms in total. The van der Waals surface area contributed by atoms with Gasteiger partial charge in [-0.15, -0.1) is 13.2 Å². The molecule has 0 saturated heterocycles. The molecule has 1 aromatic carbocycles. The predicted octanol–water partition coefficient (Wildman–Crippen LogP) is 4.94.